The third-order valence-corrected chi connectivity index (χ3v) is 3.82. The van der Waals surface area contributed by atoms with Crippen molar-refractivity contribution in [2.75, 3.05) is 0 Å². The van der Waals surface area contributed by atoms with Gasteiger partial charge in [-0.25, -0.2) is 4.98 Å². The molecule has 3 rings (SSSR count). The Labute approximate surface area is 147 Å². The summed E-state index contributed by atoms with van der Waals surface area (Å²) in [6.07, 6.45) is 0.224. The second-order valence-corrected chi connectivity index (χ2v) is 5.71. The minimum atomic E-state index is -0.519. The van der Waals surface area contributed by atoms with Crippen LogP contribution in [0.4, 0.5) is 5.69 Å². The number of esters is 1. The van der Waals surface area contributed by atoms with Crippen molar-refractivity contribution in [1.82, 2.24) is 9.97 Å². The van der Waals surface area contributed by atoms with Gasteiger partial charge in [0.05, 0.1) is 22.2 Å². The van der Waals surface area contributed by atoms with Crippen molar-refractivity contribution in [3.63, 3.8) is 0 Å². The number of nitro groups is 1. The number of fused-ring (bicyclic) bond motifs is 1. The highest BCUT2D eigenvalue weighted by Gasteiger charge is 2.13. The predicted octanol–water partition coefficient (Wildman–Crippen LogP) is 2.68. The monoisotopic (exact) mass is 353 g/mol. The molecule has 2 aromatic carbocycles. The van der Waals surface area contributed by atoms with E-state index in [1.54, 1.807) is 31.2 Å². The number of nitrogens with one attached hydrogen (secondary N) is 1. The Kier molecular flexibility index (Phi) is 4.74. The third kappa shape index (κ3) is 3.75. The van der Waals surface area contributed by atoms with E-state index in [1.807, 2.05) is 0 Å². The number of H-pyrrole nitrogens is 1. The summed E-state index contributed by atoms with van der Waals surface area (Å²) in [6.45, 7) is 1.57. The minimum absolute atomic E-state index is 0.0112. The second-order valence-electron chi connectivity index (χ2n) is 5.71. The van der Waals surface area contributed by atoms with Crippen molar-refractivity contribution in [3.05, 3.63) is 74.3 Å². The van der Waals surface area contributed by atoms with Gasteiger partial charge in [0.2, 0.25) is 0 Å². The first kappa shape index (κ1) is 17.3. The molecule has 0 atom stereocenters. The maximum absolute atomic E-state index is 12.0. The molecule has 8 nitrogen and oxygen atoms in total. The summed E-state index contributed by atoms with van der Waals surface area (Å²) in [5, 5.41) is 11.3. The largest absolute Gasteiger partial charge is 0.427 e. The molecule has 8 heteroatoms. The van der Waals surface area contributed by atoms with Gasteiger partial charge in [0.15, 0.2) is 0 Å². The van der Waals surface area contributed by atoms with Crippen molar-refractivity contribution < 1.29 is 14.5 Å². The van der Waals surface area contributed by atoms with Gasteiger partial charge in [-0.15, -0.1) is 0 Å². The standard InChI is InChI=1S/C18H15N3O5/c1-11-10-12(6-7-15(11)21(24)25)26-17(22)9-8-16-19-14-5-3-2-4-13(14)18(23)20-16/h2-7,10H,8-9H2,1H3,(H,19,20,23). The second kappa shape index (κ2) is 7.14. The lowest BCUT2D eigenvalue weighted by Gasteiger charge is -2.06. The molecule has 0 saturated carbocycles. The van der Waals surface area contributed by atoms with Crippen molar-refractivity contribution in [2.45, 2.75) is 19.8 Å². The van der Waals surface area contributed by atoms with Gasteiger partial charge in [-0.2, -0.15) is 0 Å². The maximum atomic E-state index is 12.0. The van der Waals surface area contributed by atoms with E-state index in [9.17, 15) is 19.7 Å². The number of carbonyl (C=O) groups is 1. The van der Waals surface area contributed by atoms with E-state index >= 15 is 0 Å². The fourth-order valence-corrected chi connectivity index (χ4v) is 2.55. The van der Waals surface area contributed by atoms with Crippen molar-refractivity contribution >= 4 is 22.6 Å². The first-order valence-corrected chi connectivity index (χ1v) is 7.87. The molecular formula is C18H15N3O5. The number of rotatable bonds is 5. The molecule has 0 fully saturated rings. The predicted molar refractivity (Wildman–Crippen MR) is 94.2 cm³/mol. The van der Waals surface area contributed by atoms with E-state index in [-0.39, 0.29) is 29.8 Å². The number of hydrogen-bond donors (Lipinski definition) is 1. The third-order valence-electron chi connectivity index (χ3n) is 3.82. The van der Waals surface area contributed by atoms with Crippen molar-refractivity contribution in [2.24, 2.45) is 0 Å². The SMILES string of the molecule is Cc1cc(OC(=O)CCc2nc3ccccc3c(=O)[nH]2)ccc1[N+](=O)[O-]. The van der Waals surface area contributed by atoms with Crippen LogP contribution in [0.25, 0.3) is 10.9 Å². The number of ether oxygens (including phenoxy) is 1. The Morgan fingerprint density at radius 2 is 2.04 bits per heavy atom. The fraction of sp³-hybridized carbons (Fsp3) is 0.167. The van der Waals surface area contributed by atoms with Gasteiger partial charge < -0.3 is 9.72 Å². The van der Waals surface area contributed by atoms with E-state index < -0.39 is 10.9 Å². The van der Waals surface area contributed by atoms with E-state index in [2.05, 4.69) is 9.97 Å². The van der Waals surface area contributed by atoms with Crippen molar-refractivity contribution in [3.8, 4) is 5.75 Å². The molecule has 0 saturated heterocycles. The highest BCUT2D eigenvalue weighted by molar-refractivity contribution is 5.77. The van der Waals surface area contributed by atoms with Gasteiger partial charge in [-0.05, 0) is 31.2 Å². The Balaban J connectivity index is 1.67. The summed E-state index contributed by atoms with van der Waals surface area (Å²) in [5.41, 5.74) is 0.666. The minimum Gasteiger partial charge on any atom is -0.427 e. The molecule has 1 N–H and O–H groups in total. The quantitative estimate of drug-likeness (QED) is 0.326. The number of aromatic nitrogens is 2. The molecule has 0 spiro atoms. The highest BCUT2D eigenvalue weighted by Crippen LogP contribution is 2.23. The summed E-state index contributed by atoms with van der Waals surface area (Å²) in [5.74, 6) is 0.109. The zero-order valence-electron chi connectivity index (χ0n) is 13.9. The van der Waals surface area contributed by atoms with Crippen LogP contribution in [0.3, 0.4) is 0 Å². The maximum Gasteiger partial charge on any atom is 0.311 e. The smallest absolute Gasteiger partial charge is 0.311 e. The van der Waals surface area contributed by atoms with Gasteiger partial charge in [0, 0.05) is 18.1 Å². The summed E-state index contributed by atoms with van der Waals surface area (Å²) >= 11 is 0. The van der Waals surface area contributed by atoms with Crippen LogP contribution >= 0.6 is 0 Å². The molecule has 3 aromatic rings. The molecule has 0 aliphatic carbocycles. The molecule has 0 bridgehead atoms. The van der Waals surface area contributed by atoms with Crippen LogP contribution in [0.5, 0.6) is 5.75 Å². The van der Waals surface area contributed by atoms with Crippen LogP contribution in [0.15, 0.2) is 47.3 Å². The number of hydrogen-bond acceptors (Lipinski definition) is 6. The van der Waals surface area contributed by atoms with E-state index in [4.69, 9.17) is 4.74 Å². The van der Waals surface area contributed by atoms with Gasteiger partial charge >= 0.3 is 5.97 Å². The van der Waals surface area contributed by atoms with Crippen LogP contribution in [-0.4, -0.2) is 20.9 Å². The van der Waals surface area contributed by atoms with Crippen molar-refractivity contribution in [1.29, 1.82) is 0 Å². The summed E-state index contributed by atoms with van der Waals surface area (Å²) in [7, 11) is 0. The number of aromatic amines is 1. The Bertz CT molecular complexity index is 1060. The lowest BCUT2D eigenvalue weighted by molar-refractivity contribution is -0.385. The van der Waals surface area contributed by atoms with E-state index in [0.717, 1.165) is 0 Å². The highest BCUT2D eigenvalue weighted by atomic mass is 16.6. The topological polar surface area (TPSA) is 115 Å². The molecule has 0 amide bonds. The molecule has 1 heterocycles. The van der Waals surface area contributed by atoms with Crippen LogP contribution in [0.2, 0.25) is 0 Å². The lowest BCUT2D eigenvalue weighted by Crippen LogP contribution is -2.15. The molecule has 26 heavy (non-hydrogen) atoms. The van der Waals surface area contributed by atoms with Crippen LogP contribution in [0, 0.1) is 17.0 Å². The summed E-state index contributed by atoms with van der Waals surface area (Å²) in [6, 6.07) is 11.0. The van der Waals surface area contributed by atoms with Gasteiger partial charge in [-0.3, -0.25) is 19.7 Å². The Morgan fingerprint density at radius 1 is 1.27 bits per heavy atom. The number of benzene rings is 2. The molecular weight excluding hydrogens is 338 g/mol. The fourth-order valence-electron chi connectivity index (χ4n) is 2.55. The van der Waals surface area contributed by atoms with Gasteiger partial charge in [0.25, 0.3) is 11.2 Å². The Morgan fingerprint density at radius 3 is 2.77 bits per heavy atom. The first-order chi connectivity index (χ1) is 12.4. The Hall–Kier alpha value is -3.55. The van der Waals surface area contributed by atoms with E-state index in [0.29, 0.717) is 22.3 Å². The number of carbonyl (C=O) groups excluding carboxylic acids is 1. The summed E-state index contributed by atoms with van der Waals surface area (Å²) in [4.78, 5) is 41.3. The van der Waals surface area contributed by atoms with Crippen LogP contribution in [0.1, 0.15) is 17.8 Å². The number of para-hydroxylation sites is 1. The average Bonchev–Trinajstić information content (AvgIpc) is 2.60. The van der Waals surface area contributed by atoms with Crippen LogP contribution in [-0.2, 0) is 11.2 Å². The number of nitro benzene ring substituents is 1. The normalized spacial score (nSPS) is 10.7. The van der Waals surface area contributed by atoms with Gasteiger partial charge in [0.1, 0.15) is 11.6 Å². The number of aryl methyl sites for hydroxylation is 2. The van der Waals surface area contributed by atoms with Gasteiger partial charge in [-0.1, -0.05) is 12.1 Å². The molecule has 0 unspecified atom stereocenters. The molecule has 1 aromatic heterocycles. The number of nitrogens with zero attached hydrogens (tertiary/aromatic N) is 2. The first-order valence-electron chi connectivity index (χ1n) is 7.87. The van der Waals surface area contributed by atoms with Crippen LogP contribution < -0.4 is 10.3 Å². The van der Waals surface area contributed by atoms with E-state index in [1.165, 1.54) is 18.2 Å². The molecule has 0 radical (unpaired) electrons. The molecule has 0 aliphatic heterocycles. The zero-order chi connectivity index (χ0) is 18.7. The zero-order valence-corrected chi connectivity index (χ0v) is 13.9. The molecule has 0 aliphatic rings. The molecule has 132 valence electrons. The summed E-state index contributed by atoms with van der Waals surface area (Å²) < 4.78 is 5.19. The average molecular weight is 353 g/mol. The lowest BCUT2D eigenvalue weighted by atomic mass is 10.2.